The van der Waals surface area contributed by atoms with Gasteiger partial charge in [0.1, 0.15) is 0 Å². The summed E-state index contributed by atoms with van der Waals surface area (Å²) in [4.78, 5) is 165. The van der Waals surface area contributed by atoms with Crippen LogP contribution in [0.2, 0.25) is 0 Å². The van der Waals surface area contributed by atoms with Gasteiger partial charge in [0.05, 0.1) is 90.3 Å². The third-order valence-electron chi connectivity index (χ3n) is 23.4. The molecule has 0 fully saturated rings. The molecule has 0 radical (unpaired) electrons. The molecule has 6 aliphatic heterocycles. The number of rotatable bonds is 37. The van der Waals surface area contributed by atoms with Gasteiger partial charge in [-0.05, 0) is 244 Å². The SMILES string of the molecule is C.CC1=C(CCC(=O)NCC(=O)NCCc2ccc(N)cc2)C2=CC3N=C(C=C4N=C(C=c5[n-]c(c(CCC(=O)O)c5C)=CC1=N2)C(CCC(=O)O)=C4C)C(CCC(=O)O)=C3C.CCOC(=O)CCC1=C(C)c2cc3[n-]c(cc4nc(cc5[n-]c(cc1n2)c(C)c5CCC(=O)OCC)C(C)=C4CCC(=O)NCC(=O)NCCc1ccc(N)cc1)c(C)c3CCC(=O)OCC.[Pd+2].[Pd]. The molecule has 4 aromatic heterocycles. The molecule has 0 saturated carbocycles. The first-order valence-corrected chi connectivity index (χ1v) is 43.3. The molecule has 4 amide bonds. The number of carboxylic acid groups (broad SMARTS) is 3. The summed E-state index contributed by atoms with van der Waals surface area (Å²) in [5.41, 5.74) is 35.8. The number of hydrogen-bond acceptors (Lipinski definition) is 20. The van der Waals surface area contributed by atoms with Crippen molar-refractivity contribution in [2.75, 3.05) is 57.5 Å². The van der Waals surface area contributed by atoms with Gasteiger partial charge < -0.3 is 77.2 Å². The van der Waals surface area contributed by atoms with Crippen LogP contribution in [-0.2, 0) is 135 Å². The van der Waals surface area contributed by atoms with Crippen molar-refractivity contribution >= 4 is 144 Å². The molecular formula is C99H115N14O16Pd2-. The third-order valence-corrected chi connectivity index (χ3v) is 23.4. The molecule has 0 aliphatic carbocycles. The minimum Gasteiger partial charge on any atom is -0.657 e. The van der Waals surface area contributed by atoms with Crippen LogP contribution in [0.5, 0.6) is 0 Å². The molecule has 6 aromatic rings. The molecule has 16 bridgehead atoms. The van der Waals surface area contributed by atoms with Crippen LogP contribution in [-0.4, -0.2) is 154 Å². The van der Waals surface area contributed by atoms with Gasteiger partial charge >= 0.3 is 56.2 Å². The topological polar surface area (TPSA) is 464 Å². The molecule has 10 heterocycles. The number of fused-ring (bicyclic) bond motifs is 13. The summed E-state index contributed by atoms with van der Waals surface area (Å²) in [6.07, 6.45) is 11.1. The number of nitrogens with zero attached hydrogens (tertiary/aromatic N) is 8. The molecule has 2 aromatic carbocycles. The fraction of sp³-hybridized carbons (Fsp3) is 0.384. The molecule has 131 heavy (non-hydrogen) atoms. The molecule has 12 rings (SSSR count). The van der Waals surface area contributed by atoms with E-state index in [9.17, 15) is 63.3 Å². The largest absolute Gasteiger partial charge is 2.00 e. The zero-order chi connectivity index (χ0) is 92.2. The Labute approximate surface area is 789 Å². The van der Waals surface area contributed by atoms with Crippen molar-refractivity contribution in [1.29, 1.82) is 0 Å². The Morgan fingerprint density at radius 3 is 1.27 bits per heavy atom. The van der Waals surface area contributed by atoms with Crippen LogP contribution in [0.3, 0.4) is 0 Å². The number of carboxylic acids is 3. The van der Waals surface area contributed by atoms with E-state index >= 15 is 0 Å². The van der Waals surface area contributed by atoms with Gasteiger partial charge in [-0.15, -0.1) is 32.8 Å². The molecule has 0 saturated heterocycles. The summed E-state index contributed by atoms with van der Waals surface area (Å²) in [6.45, 7) is 22.0. The molecule has 1 unspecified atom stereocenters. The Hall–Kier alpha value is -12.6. The smallest absolute Gasteiger partial charge is 0.657 e. The molecule has 1 atom stereocenters. The van der Waals surface area contributed by atoms with E-state index in [-0.39, 0.29) is 200 Å². The van der Waals surface area contributed by atoms with Crippen LogP contribution in [0, 0.1) is 20.8 Å². The van der Waals surface area contributed by atoms with Gasteiger partial charge in [0, 0.05) is 96.3 Å². The van der Waals surface area contributed by atoms with Crippen LogP contribution >= 0.6 is 0 Å². The fourth-order valence-electron chi connectivity index (χ4n) is 16.1. The number of carbonyl (C=O) groups is 10. The second-order valence-electron chi connectivity index (χ2n) is 32.0. The van der Waals surface area contributed by atoms with E-state index in [0.717, 1.165) is 100 Å². The Balaban J connectivity index is 0.000000317. The van der Waals surface area contributed by atoms with Crippen molar-refractivity contribution in [1.82, 2.24) is 46.2 Å². The van der Waals surface area contributed by atoms with Crippen LogP contribution in [0.25, 0.3) is 56.5 Å². The number of anilines is 2. The number of allylic oxidation sites excluding steroid dienone is 10. The van der Waals surface area contributed by atoms with Crippen molar-refractivity contribution in [2.24, 2.45) is 15.0 Å². The molecule has 32 heteroatoms. The number of nitrogens with two attached hydrogens (primary N) is 2. The van der Waals surface area contributed by atoms with Gasteiger partial charge in [-0.1, -0.05) is 101 Å². The van der Waals surface area contributed by atoms with Crippen LogP contribution < -0.4 is 58.4 Å². The average Bonchev–Trinajstić information content (AvgIpc) is 1.62. The number of nitrogens with one attached hydrogen (secondary N) is 4. The first-order chi connectivity index (χ1) is 61.3. The Bertz CT molecular complexity index is 6090. The van der Waals surface area contributed by atoms with Crippen molar-refractivity contribution in [3.05, 3.63) is 208 Å². The number of hydrogen-bond donors (Lipinski definition) is 9. The summed E-state index contributed by atoms with van der Waals surface area (Å²) >= 11 is 0. The zero-order valence-electron chi connectivity index (χ0n) is 75.0. The molecule has 30 nitrogen and oxygen atoms in total. The van der Waals surface area contributed by atoms with Crippen molar-refractivity contribution < 1.29 is 118 Å². The maximum absolute atomic E-state index is 13.3. The number of aliphatic imine (C=N–C) groups is 3. The number of esters is 3. The summed E-state index contributed by atoms with van der Waals surface area (Å²) < 4.78 is 15.9. The number of aliphatic carboxylic acids is 3. The van der Waals surface area contributed by atoms with Crippen molar-refractivity contribution in [3.63, 3.8) is 0 Å². The van der Waals surface area contributed by atoms with Gasteiger partial charge in [-0.3, -0.25) is 52.9 Å². The van der Waals surface area contributed by atoms with Gasteiger partial charge in [0.15, 0.2) is 0 Å². The monoisotopic (exact) mass is 1970 g/mol. The Morgan fingerprint density at radius 2 is 0.802 bits per heavy atom. The summed E-state index contributed by atoms with van der Waals surface area (Å²) in [5.74, 6) is -5.04. The number of nitrogen functional groups attached to an aromatic ring is 2. The van der Waals surface area contributed by atoms with Gasteiger partial charge in [-0.25, -0.2) is 20.0 Å². The minimum atomic E-state index is -0.960. The van der Waals surface area contributed by atoms with Crippen LogP contribution in [0.1, 0.15) is 214 Å². The predicted octanol–water partition coefficient (Wildman–Crippen LogP) is 11.4. The standard InChI is InChI=1S/C52H63N7O8.C46H51N7O8.CH4.2Pd/c1-8-65-50(62)20-16-37-31(5)41-25-44-36(15-19-48(60)55-29-49(61)54-24-23-34-11-13-35(53)14-12-34)30(4)40(56-44)26-45-38(17-21-51(63)66-9-2)32(6)42(58-45)28-47-39(18-22-52(64)67-10-3)33(7)43(59-47)27-46(37)57-41;1-24-30(9-13-42(54)49-23-43(55)48-18-17-28-5-7-29(47)8-6-28)38-19-35-25(2)31(10-14-44(56)57)40(51-35)21-37-27(4)33(12-16-46(60)61)41(53-37)22-36-26(3)32(11-15-45(58)59)39(52-36)20-34(24)50-38;;;/h11-14,25-28H,8-10,15-24,29,53H2,1-7H3,(H4,54,55,56,57,58,59,60,61);5-8,19-22,35H,9-18,23,47H2,1-4H3,(H6,48,49,50,51,52,53,54,55,56,57,58,59,60,61);1H4;;/q;;;;+2/p-3. The van der Waals surface area contributed by atoms with E-state index in [2.05, 4.69) is 21.3 Å². The quantitative estimate of drug-likeness (QED) is 0.00757. The number of benzene rings is 2. The molecule has 6 aliphatic rings. The minimum absolute atomic E-state index is 0. The normalized spacial score (nSPS) is 14.2. The van der Waals surface area contributed by atoms with E-state index in [1.54, 1.807) is 39.0 Å². The van der Waals surface area contributed by atoms with Crippen LogP contribution in [0.15, 0.2) is 145 Å². The second kappa shape index (κ2) is 48.3. The zero-order valence-corrected chi connectivity index (χ0v) is 78.1. The maximum atomic E-state index is 13.3. The summed E-state index contributed by atoms with van der Waals surface area (Å²) in [7, 11) is 0. The number of amides is 4. The van der Waals surface area contributed by atoms with Crippen molar-refractivity contribution in [2.45, 2.75) is 205 Å². The fourth-order valence-corrected chi connectivity index (χ4v) is 16.1. The predicted molar refractivity (Wildman–Crippen MR) is 498 cm³/mol. The van der Waals surface area contributed by atoms with Crippen LogP contribution in [0.4, 0.5) is 11.4 Å². The van der Waals surface area contributed by atoms with Crippen molar-refractivity contribution in [3.8, 4) is 0 Å². The number of carbonyl (C=O) groups excluding carboxylic acids is 7. The first kappa shape index (κ1) is 104. The van der Waals surface area contributed by atoms with E-state index in [1.807, 2.05) is 134 Å². The van der Waals surface area contributed by atoms with E-state index < -0.39 is 23.9 Å². The van der Waals surface area contributed by atoms with E-state index in [4.69, 9.17) is 65.6 Å². The number of aromatic nitrogens is 5. The average molecular weight is 1970 g/mol. The van der Waals surface area contributed by atoms with E-state index in [0.29, 0.717) is 147 Å². The number of ether oxygens (including phenoxy) is 3. The second-order valence-corrected chi connectivity index (χ2v) is 32.0. The Morgan fingerprint density at radius 1 is 0.397 bits per heavy atom. The molecule has 11 N–H and O–H groups in total. The molecule has 698 valence electrons. The summed E-state index contributed by atoms with van der Waals surface area (Å²) in [5, 5.41) is 41.1. The summed E-state index contributed by atoms with van der Waals surface area (Å²) in [6, 6.07) is 22.0. The first-order valence-electron chi connectivity index (χ1n) is 43.3. The van der Waals surface area contributed by atoms with Gasteiger partial charge in [0.2, 0.25) is 23.6 Å². The van der Waals surface area contributed by atoms with E-state index in [1.165, 1.54) is 0 Å². The van der Waals surface area contributed by atoms with Gasteiger partial charge in [0.25, 0.3) is 0 Å². The molecule has 0 spiro atoms. The molecular weight excluding hydrogens is 1850 g/mol. The van der Waals surface area contributed by atoms with Gasteiger partial charge in [-0.2, -0.15) is 0 Å². The maximum Gasteiger partial charge on any atom is 2.00 e. The Kier molecular flexibility index (Phi) is 38.3. The number of aryl methyl sites for hydroxylation is 4. The third kappa shape index (κ3) is 27.5.